The Labute approximate surface area is 160 Å². The Bertz CT molecular complexity index is 706. The van der Waals surface area contributed by atoms with Crippen LogP contribution in [0.4, 0.5) is 5.82 Å². The number of aromatic nitrogens is 1. The summed E-state index contributed by atoms with van der Waals surface area (Å²) in [7, 11) is 1.78. The van der Waals surface area contributed by atoms with E-state index in [1.54, 1.807) is 7.05 Å². The summed E-state index contributed by atoms with van der Waals surface area (Å²) in [6.45, 7) is 3.75. The van der Waals surface area contributed by atoms with Crippen LogP contribution in [0.3, 0.4) is 0 Å². The van der Waals surface area contributed by atoms with Gasteiger partial charge in [-0.1, -0.05) is 29.8 Å². The van der Waals surface area contributed by atoms with Gasteiger partial charge in [0.15, 0.2) is 5.96 Å². The first-order valence-corrected chi connectivity index (χ1v) is 9.51. The number of aliphatic imine (C=N–C) groups is 1. The standard InChI is InChI=1S/C20H26ClN5/c1-22-20(23-11-10-16-4-7-18(21)8-5-16)25-15-17-6-9-19(24-14-17)26-12-2-3-13-26/h4-9,14H,2-3,10-13,15H2,1H3,(H2,22,23,25). The first kappa shape index (κ1) is 18.5. The van der Waals surface area contributed by atoms with Gasteiger partial charge in [-0.25, -0.2) is 4.98 Å². The fourth-order valence-electron chi connectivity index (χ4n) is 3.04. The molecule has 2 N–H and O–H groups in total. The molecule has 0 aliphatic carbocycles. The summed E-state index contributed by atoms with van der Waals surface area (Å²) < 4.78 is 0. The fraction of sp³-hybridized carbons (Fsp3) is 0.400. The van der Waals surface area contributed by atoms with E-state index in [9.17, 15) is 0 Å². The lowest BCUT2D eigenvalue weighted by atomic mass is 10.1. The van der Waals surface area contributed by atoms with Crippen molar-refractivity contribution in [3.05, 3.63) is 58.7 Å². The van der Waals surface area contributed by atoms with Crippen LogP contribution in [0, 0.1) is 0 Å². The van der Waals surface area contributed by atoms with Crippen molar-refractivity contribution in [2.24, 2.45) is 4.99 Å². The van der Waals surface area contributed by atoms with Crippen molar-refractivity contribution < 1.29 is 0 Å². The molecule has 2 aromatic rings. The number of hydrogen-bond donors (Lipinski definition) is 2. The maximum Gasteiger partial charge on any atom is 0.191 e. The van der Waals surface area contributed by atoms with Crippen molar-refractivity contribution in [1.29, 1.82) is 0 Å². The number of benzene rings is 1. The maximum absolute atomic E-state index is 5.91. The Balaban J connectivity index is 1.42. The van der Waals surface area contributed by atoms with Crippen LogP contribution in [0.25, 0.3) is 0 Å². The topological polar surface area (TPSA) is 52.6 Å². The van der Waals surface area contributed by atoms with E-state index in [4.69, 9.17) is 11.6 Å². The van der Waals surface area contributed by atoms with Crippen LogP contribution in [0.15, 0.2) is 47.6 Å². The molecule has 138 valence electrons. The van der Waals surface area contributed by atoms with Crippen LogP contribution in [0.1, 0.15) is 24.0 Å². The Hall–Kier alpha value is -2.27. The van der Waals surface area contributed by atoms with Crippen molar-refractivity contribution >= 4 is 23.4 Å². The summed E-state index contributed by atoms with van der Waals surface area (Å²) in [5.74, 6) is 1.87. The largest absolute Gasteiger partial charge is 0.357 e. The molecule has 1 fully saturated rings. The van der Waals surface area contributed by atoms with Gasteiger partial charge in [0.05, 0.1) is 0 Å². The molecule has 0 unspecified atom stereocenters. The predicted octanol–water partition coefficient (Wildman–Crippen LogP) is 3.24. The number of rotatable bonds is 6. The zero-order valence-electron chi connectivity index (χ0n) is 15.2. The minimum Gasteiger partial charge on any atom is -0.357 e. The number of nitrogens with one attached hydrogen (secondary N) is 2. The minimum atomic E-state index is 0.702. The highest BCUT2D eigenvalue weighted by Gasteiger charge is 2.12. The molecule has 1 aromatic carbocycles. The van der Waals surface area contributed by atoms with Gasteiger partial charge in [0.1, 0.15) is 5.82 Å². The zero-order chi connectivity index (χ0) is 18.2. The van der Waals surface area contributed by atoms with Crippen LogP contribution in [-0.4, -0.2) is 37.6 Å². The molecule has 0 amide bonds. The molecule has 0 atom stereocenters. The van der Waals surface area contributed by atoms with Crippen molar-refractivity contribution in [2.75, 3.05) is 31.6 Å². The van der Waals surface area contributed by atoms with E-state index >= 15 is 0 Å². The highest BCUT2D eigenvalue weighted by Crippen LogP contribution is 2.17. The highest BCUT2D eigenvalue weighted by atomic mass is 35.5. The monoisotopic (exact) mass is 371 g/mol. The van der Waals surface area contributed by atoms with Gasteiger partial charge in [0.25, 0.3) is 0 Å². The number of guanidine groups is 1. The van der Waals surface area contributed by atoms with Gasteiger partial charge in [-0.15, -0.1) is 0 Å². The van der Waals surface area contributed by atoms with Gasteiger partial charge in [-0.3, -0.25) is 4.99 Å². The molecule has 1 aliphatic rings. The summed E-state index contributed by atoms with van der Waals surface area (Å²) in [6, 6.07) is 12.2. The second-order valence-electron chi connectivity index (χ2n) is 6.45. The Morgan fingerprint density at radius 1 is 1.08 bits per heavy atom. The summed E-state index contributed by atoms with van der Waals surface area (Å²) in [4.78, 5) is 11.2. The van der Waals surface area contributed by atoms with E-state index in [1.165, 1.54) is 18.4 Å². The molecule has 0 bridgehead atoms. The number of hydrogen-bond acceptors (Lipinski definition) is 3. The molecule has 0 radical (unpaired) electrons. The molecule has 3 rings (SSSR count). The molecule has 2 heterocycles. The molecule has 1 aliphatic heterocycles. The van der Waals surface area contributed by atoms with Crippen LogP contribution in [0.2, 0.25) is 5.02 Å². The van der Waals surface area contributed by atoms with E-state index in [0.29, 0.717) is 6.54 Å². The third-order valence-electron chi connectivity index (χ3n) is 4.54. The van der Waals surface area contributed by atoms with E-state index < -0.39 is 0 Å². The van der Waals surface area contributed by atoms with Gasteiger partial charge in [-0.05, 0) is 48.6 Å². The van der Waals surface area contributed by atoms with Crippen LogP contribution in [-0.2, 0) is 13.0 Å². The first-order chi connectivity index (χ1) is 12.7. The van der Waals surface area contributed by atoms with Gasteiger partial charge < -0.3 is 15.5 Å². The molecule has 1 saturated heterocycles. The minimum absolute atomic E-state index is 0.702. The van der Waals surface area contributed by atoms with Crippen LogP contribution >= 0.6 is 11.6 Å². The lowest BCUT2D eigenvalue weighted by Crippen LogP contribution is -2.37. The Morgan fingerprint density at radius 3 is 2.46 bits per heavy atom. The predicted molar refractivity (Wildman–Crippen MR) is 109 cm³/mol. The highest BCUT2D eigenvalue weighted by molar-refractivity contribution is 6.30. The maximum atomic E-state index is 5.91. The van der Waals surface area contributed by atoms with Crippen LogP contribution in [0.5, 0.6) is 0 Å². The van der Waals surface area contributed by atoms with E-state index in [2.05, 4.69) is 37.6 Å². The summed E-state index contributed by atoms with van der Waals surface area (Å²) >= 11 is 5.91. The molecule has 5 nitrogen and oxygen atoms in total. The smallest absolute Gasteiger partial charge is 0.191 e. The average molecular weight is 372 g/mol. The second-order valence-corrected chi connectivity index (χ2v) is 6.88. The number of nitrogens with zero attached hydrogens (tertiary/aromatic N) is 3. The van der Waals surface area contributed by atoms with Gasteiger partial charge in [0.2, 0.25) is 0 Å². The van der Waals surface area contributed by atoms with Crippen LogP contribution < -0.4 is 15.5 Å². The fourth-order valence-corrected chi connectivity index (χ4v) is 3.16. The number of anilines is 1. The number of pyridine rings is 1. The summed E-state index contributed by atoms with van der Waals surface area (Å²) in [5.41, 5.74) is 2.40. The Kier molecular flexibility index (Phi) is 6.72. The number of halogens is 1. The summed E-state index contributed by atoms with van der Waals surface area (Å²) in [5, 5.41) is 7.44. The first-order valence-electron chi connectivity index (χ1n) is 9.13. The molecule has 0 spiro atoms. The molecule has 26 heavy (non-hydrogen) atoms. The average Bonchev–Trinajstić information content (AvgIpc) is 3.21. The zero-order valence-corrected chi connectivity index (χ0v) is 16.0. The van der Waals surface area contributed by atoms with Crippen molar-refractivity contribution in [2.45, 2.75) is 25.8 Å². The lowest BCUT2D eigenvalue weighted by molar-refractivity contribution is 0.792. The molecular formula is C20H26ClN5. The Morgan fingerprint density at radius 2 is 1.81 bits per heavy atom. The third-order valence-corrected chi connectivity index (χ3v) is 4.79. The molecular weight excluding hydrogens is 346 g/mol. The normalized spacial score (nSPS) is 14.5. The van der Waals surface area contributed by atoms with E-state index in [-0.39, 0.29) is 0 Å². The molecule has 6 heteroatoms. The third kappa shape index (κ3) is 5.36. The second kappa shape index (κ2) is 9.43. The molecule has 0 saturated carbocycles. The van der Waals surface area contributed by atoms with E-state index in [1.807, 2.05) is 30.5 Å². The van der Waals surface area contributed by atoms with E-state index in [0.717, 1.165) is 48.4 Å². The van der Waals surface area contributed by atoms with Crippen molar-refractivity contribution in [3.8, 4) is 0 Å². The summed E-state index contributed by atoms with van der Waals surface area (Å²) in [6.07, 6.45) is 5.40. The van der Waals surface area contributed by atoms with Crippen molar-refractivity contribution in [1.82, 2.24) is 15.6 Å². The SMILES string of the molecule is CN=C(NCCc1ccc(Cl)cc1)NCc1ccc(N2CCCC2)nc1. The quantitative estimate of drug-likeness (QED) is 0.604. The van der Waals surface area contributed by atoms with Gasteiger partial charge in [0, 0.05) is 44.4 Å². The molecule has 1 aromatic heterocycles. The van der Waals surface area contributed by atoms with Crippen molar-refractivity contribution in [3.63, 3.8) is 0 Å². The lowest BCUT2D eigenvalue weighted by Gasteiger charge is -2.16. The van der Waals surface area contributed by atoms with Gasteiger partial charge >= 0.3 is 0 Å². The van der Waals surface area contributed by atoms with Gasteiger partial charge in [-0.2, -0.15) is 0 Å².